The minimum absolute atomic E-state index is 2.25. The highest BCUT2D eigenvalue weighted by Gasteiger charge is 1.59. The van der Waals surface area contributed by atoms with Gasteiger partial charge in [-0.3, -0.25) is 4.67 Å². The van der Waals surface area contributed by atoms with E-state index in [-0.39, 0.29) is 0 Å². The summed E-state index contributed by atoms with van der Waals surface area (Å²) in [4.78, 5) is 3.34. The zero-order chi connectivity index (χ0) is 4.24. The van der Waals surface area contributed by atoms with E-state index in [9.17, 15) is 0 Å². The maximum atomic E-state index is 3.34. The Balaban J connectivity index is 3.25. The van der Waals surface area contributed by atoms with Gasteiger partial charge in [0, 0.05) is 6.04 Å². The molecule has 0 atom stereocenters. The summed E-state index contributed by atoms with van der Waals surface area (Å²) in [7, 11) is 0. The van der Waals surface area contributed by atoms with Crippen LogP contribution in [0.2, 0.25) is 0 Å². The molecule has 0 fully saturated rings. The molecule has 26 valence electrons. The first kappa shape index (κ1) is 2.93. The van der Waals surface area contributed by atoms with Crippen molar-refractivity contribution in [3.8, 4) is 12.0 Å². The fourth-order valence-electron chi connectivity index (χ4n) is 0.156. The summed E-state index contributed by atoms with van der Waals surface area (Å²) in [5.41, 5.74) is 0. The second-order valence-electron chi connectivity index (χ2n) is 0.672. The lowest BCUT2D eigenvalue weighted by Crippen LogP contribution is -1.74. The van der Waals surface area contributed by atoms with E-state index in [1.165, 1.54) is 0 Å². The lowest BCUT2D eigenvalue weighted by Gasteiger charge is -1.58. The van der Waals surface area contributed by atoms with Crippen molar-refractivity contribution >= 4 is 12.2 Å². The van der Waals surface area contributed by atoms with E-state index in [2.05, 4.69) is 33.8 Å². The van der Waals surface area contributed by atoms with Gasteiger partial charge in [0.1, 0.15) is 0 Å². The molecule has 0 spiro atoms. The third kappa shape index (κ3) is 0.361. The zero-order valence-corrected chi connectivity index (χ0v) is 2.89. The molecule has 0 aliphatic carbocycles. The van der Waals surface area contributed by atoms with Gasteiger partial charge in [0.25, 0.3) is 6.01 Å². The van der Waals surface area contributed by atoms with Crippen molar-refractivity contribution in [1.82, 2.24) is 4.67 Å². The van der Waals surface area contributed by atoms with Gasteiger partial charge in [-0.25, -0.2) is 0 Å². The van der Waals surface area contributed by atoms with Crippen molar-refractivity contribution < 1.29 is 0 Å². The summed E-state index contributed by atoms with van der Waals surface area (Å²) in [6.45, 7) is 0. The molecule has 2 nitrogen and oxygen atoms in total. The molecule has 0 N–H and O–H groups in total. The van der Waals surface area contributed by atoms with Crippen LogP contribution in [0, 0.1) is 12.0 Å². The first-order valence-corrected chi connectivity index (χ1v) is 1.39. The Hall–Kier alpha value is -1.28. The van der Waals surface area contributed by atoms with Crippen LogP contribution in [0.4, 0.5) is 0 Å². The van der Waals surface area contributed by atoms with Gasteiger partial charge in [0.05, 0.1) is 0 Å². The molecular weight excluding hydrogens is 76.1 g/mol. The smallest absolute Gasteiger partial charge is 0.261 e. The Bertz CT molecular complexity index is 171. The minimum Gasteiger partial charge on any atom is -0.287 e. The quantitative estimate of drug-likeness (QED) is 0.204. The summed E-state index contributed by atoms with van der Waals surface area (Å²) in [6, 6.07) is 4.59. The molecule has 0 amide bonds. The summed E-state index contributed by atoms with van der Waals surface area (Å²) in [6.07, 6.45) is 2.34. The average Bonchev–Trinajstić information content (AvgIpc) is 1.72. The number of hydrogen-bond donors (Lipinski definition) is 0. The van der Waals surface area contributed by atoms with Crippen LogP contribution in [0.15, 0.2) is 4.99 Å². The number of aliphatic imine (C=N–C) groups is 1. The minimum atomic E-state index is 2.25. The van der Waals surface area contributed by atoms with Crippen LogP contribution in [0.1, 0.15) is 0 Å². The Morgan fingerprint density at radius 1 is 1.67 bits per heavy atom. The van der Waals surface area contributed by atoms with Crippen LogP contribution in [0.25, 0.3) is 0 Å². The average molecular weight is 76.1 g/mol. The number of nitrogens with zero attached hydrogens (tertiary/aromatic N) is 2. The van der Waals surface area contributed by atoms with Crippen molar-refractivity contribution in [2.24, 2.45) is 4.99 Å². The topological polar surface area (TPSA) is 26.5 Å². The second kappa shape index (κ2) is 1.24. The van der Waals surface area contributed by atoms with Gasteiger partial charge in [-0.15, -0.1) is 5.92 Å². The van der Waals surface area contributed by atoms with E-state index < -0.39 is 0 Å². The third-order valence-corrected chi connectivity index (χ3v) is 0.324. The SMILES string of the molecule is C1=NC#C[C-]=[N+]=1. The molecule has 6 heavy (non-hydrogen) atoms. The van der Waals surface area contributed by atoms with E-state index in [4.69, 9.17) is 0 Å². The maximum Gasteiger partial charge on any atom is 0.261 e. The van der Waals surface area contributed by atoms with E-state index in [0.29, 0.717) is 0 Å². The predicted molar refractivity (Wildman–Crippen MR) is 22.4 cm³/mol. The Labute approximate surface area is 35.0 Å². The van der Waals surface area contributed by atoms with Crippen molar-refractivity contribution in [3.63, 3.8) is 0 Å². The molecule has 1 aliphatic heterocycles. The van der Waals surface area contributed by atoms with E-state index in [0.717, 1.165) is 0 Å². The lowest BCUT2D eigenvalue weighted by atomic mass is 10.7. The number of hydrogen-bond acceptors (Lipinski definition) is 1. The van der Waals surface area contributed by atoms with Crippen molar-refractivity contribution in [2.75, 3.05) is 0 Å². The lowest BCUT2D eigenvalue weighted by molar-refractivity contribution is 1.63. The predicted octanol–water partition coefficient (Wildman–Crippen LogP) is -0.850. The summed E-state index contributed by atoms with van der Waals surface area (Å²) >= 11 is 0. The Morgan fingerprint density at radius 2 is 2.67 bits per heavy atom. The molecule has 2 heteroatoms. The number of rotatable bonds is 0. The molecule has 0 unspecified atom stereocenters. The monoisotopic (exact) mass is 76.0 g/mol. The molecule has 0 radical (unpaired) electrons. The van der Waals surface area contributed by atoms with Crippen LogP contribution in [-0.4, -0.2) is 12.2 Å². The van der Waals surface area contributed by atoms with Crippen LogP contribution in [0.5, 0.6) is 0 Å². The van der Waals surface area contributed by atoms with Crippen LogP contribution >= 0.6 is 0 Å². The summed E-state index contributed by atoms with van der Waals surface area (Å²) < 4.78 is 3.34. The van der Waals surface area contributed by atoms with Crippen molar-refractivity contribution in [2.45, 2.75) is 0 Å². The van der Waals surface area contributed by atoms with Gasteiger partial charge < -0.3 is 0 Å². The van der Waals surface area contributed by atoms with Crippen LogP contribution in [0.3, 0.4) is 0 Å². The fourth-order valence-corrected chi connectivity index (χ4v) is 0.156. The fraction of sp³-hybridized carbons (Fsp3) is 0. The molecule has 0 aromatic rings. The molecule has 1 aliphatic rings. The second-order valence-corrected chi connectivity index (χ2v) is 0.672. The molecule has 1 rings (SSSR count). The molecule has 0 aromatic heterocycles. The first-order chi connectivity index (χ1) is 3.00. The van der Waals surface area contributed by atoms with Gasteiger partial charge in [-0.1, -0.05) is 4.99 Å². The van der Waals surface area contributed by atoms with Gasteiger partial charge in [-0.05, 0) is 0 Å². The molecule has 0 saturated carbocycles. The molecule has 1 heterocycles. The standard InChI is InChI=1S/C4N2/c1-2-5-4-6-3-1. The first-order valence-electron chi connectivity index (χ1n) is 1.39. The highest BCUT2D eigenvalue weighted by molar-refractivity contribution is 5.80. The Kier molecular flexibility index (Phi) is 0.604. The van der Waals surface area contributed by atoms with E-state index in [1.807, 2.05) is 0 Å². The van der Waals surface area contributed by atoms with Gasteiger partial charge in [0.15, 0.2) is 6.21 Å². The van der Waals surface area contributed by atoms with Crippen molar-refractivity contribution in [3.05, 3.63) is 0 Å². The zero-order valence-electron chi connectivity index (χ0n) is 2.89. The van der Waals surface area contributed by atoms with Crippen molar-refractivity contribution in [1.29, 1.82) is 0 Å². The van der Waals surface area contributed by atoms with Gasteiger partial charge in [-0.2, -0.15) is 0 Å². The van der Waals surface area contributed by atoms with E-state index >= 15 is 0 Å². The third-order valence-electron chi connectivity index (χ3n) is 0.324. The van der Waals surface area contributed by atoms with Crippen LogP contribution in [-0.2, 0) is 0 Å². The molecule has 0 aromatic carbocycles. The van der Waals surface area contributed by atoms with Gasteiger partial charge >= 0.3 is 0 Å². The van der Waals surface area contributed by atoms with Gasteiger partial charge in [0.2, 0.25) is 0 Å². The Morgan fingerprint density at radius 3 is 2.83 bits per heavy atom. The summed E-state index contributed by atoms with van der Waals surface area (Å²) in [5.74, 6) is 2.39. The highest BCUT2D eigenvalue weighted by Crippen LogP contribution is 1.52. The van der Waals surface area contributed by atoms with E-state index in [1.54, 1.807) is 0 Å². The normalized spacial score (nSPS) is 10.7. The molecule has 0 saturated heterocycles. The van der Waals surface area contributed by atoms with Crippen LogP contribution < -0.4 is 4.67 Å². The molecule has 0 bridgehead atoms. The largest absolute Gasteiger partial charge is 0.287 e. The summed E-state index contributed by atoms with van der Waals surface area (Å²) in [5, 5.41) is 0. The highest BCUT2D eigenvalue weighted by atomic mass is 14.7. The molecular formula is C4N2. The maximum absolute atomic E-state index is 3.34.